The first kappa shape index (κ1) is 13.0. The SMILES string of the molecule is C[C@@H]1CCC[C@@H](C=O)N1C(=O)OC(C)(C)C. The minimum absolute atomic E-state index is 0.0822. The van der Waals surface area contributed by atoms with E-state index in [1.807, 2.05) is 27.7 Å². The molecule has 1 heterocycles. The van der Waals surface area contributed by atoms with Crippen molar-refractivity contribution < 1.29 is 14.3 Å². The van der Waals surface area contributed by atoms with Crippen LogP contribution in [0.1, 0.15) is 47.0 Å². The Morgan fingerprint density at radius 1 is 1.38 bits per heavy atom. The molecule has 0 aromatic rings. The number of rotatable bonds is 1. The van der Waals surface area contributed by atoms with Crippen molar-refractivity contribution in [3.63, 3.8) is 0 Å². The van der Waals surface area contributed by atoms with Crippen molar-refractivity contribution >= 4 is 12.4 Å². The fraction of sp³-hybridized carbons (Fsp3) is 0.833. The number of likely N-dealkylation sites (tertiary alicyclic amines) is 1. The van der Waals surface area contributed by atoms with E-state index in [2.05, 4.69) is 0 Å². The molecule has 0 spiro atoms. The highest BCUT2D eigenvalue weighted by molar-refractivity contribution is 5.74. The van der Waals surface area contributed by atoms with Gasteiger partial charge in [0.05, 0.1) is 6.04 Å². The molecule has 0 aromatic heterocycles. The van der Waals surface area contributed by atoms with Crippen molar-refractivity contribution in [2.24, 2.45) is 0 Å². The minimum Gasteiger partial charge on any atom is -0.444 e. The van der Waals surface area contributed by atoms with E-state index in [1.165, 1.54) is 0 Å². The zero-order valence-electron chi connectivity index (χ0n) is 10.5. The summed E-state index contributed by atoms with van der Waals surface area (Å²) in [6.45, 7) is 7.44. The van der Waals surface area contributed by atoms with Crippen LogP contribution in [0.15, 0.2) is 0 Å². The zero-order valence-corrected chi connectivity index (χ0v) is 10.5. The van der Waals surface area contributed by atoms with Gasteiger partial charge in [-0.3, -0.25) is 4.90 Å². The fourth-order valence-electron chi connectivity index (χ4n) is 1.99. The Morgan fingerprint density at radius 3 is 2.50 bits per heavy atom. The summed E-state index contributed by atoms with van der Waals surface area (Å²) in [7, 11) is 0. The highest BCUT2D eigenvalue weighted by Crippen LogP contribution is 2.24. The maximum Gasteiger partial charge on any atom is 0.411 e. The summed E-state index contributed by atoms with van der Waals surface area (Å²) in [4.78, 5) is 24.4. The molecular formula is C12H21NO3. The molecular weight excluding hydrogens is 206 g/mol. The number of hydrogen-bond donors (Lipinski definition) is 0. The first-order valence-corrected chi connectivity index (χ1v) is 5.82. The molecule has 0 aromatic carbocycles. The van der Waals surface area contributed by atoms with Gasteiger partial charge in [0.15, 0.2) is 0 Å². The summed E-state index contributed by atoms with van der Waals surface area (Å²) in [6.07, 6.45) is 3.14. The first-order chi connectivity index (χ1) is 7.35. The van der Waals surface area contributed by atoms with Gasteiger partial charge < -0.3 is 9.53 Å². The van der Waals surface area contributed by atoms with E-state index in [1.54, 1.807) is 4.90 Å². The van der Waals surface area contributed by atoms with Gasteiger partial charge >= 0.3 is 6.09 Å². The summed E-state index contributed by atoms with van der Waals surface area (Å²) < 4.78 is 5.31. The number of aldehydes is 1. The van der Waals surface area contributed by atoms with Gasteiger partial charge in [-0.05, 0) is 47.0 Å². The van der Waals surface area contributed by atoms with E-state index < -0.39 is 5.60 Å². The molecule has 1 saturated heterocycles. The lowest BCUT2D eigenvalue weighted by Crippen LogP contribution is -2.51. The Kier molecular flexibility index (Phi) is 3.94. The van der Waals surface area contributed by atoms with Gasteiger partial charge in [-0.25, -0.2) is 4.79 Å². The number of carbonyl (C=O) groups is 2. The van der Waals surface area contributed by atoms with E-state index in [9.17, 15) is 9.59 Å². The lowest BCUT2D eigenvalue weighted by molar-refractivity contribution is -0.114. The zero-order chi connectivity index (χ0) is 12.3. The number of nitrogens with zero attached hydrogens (tertiary/aromatic N) is 1. The Balaban J connectivity index is 2.73. The van der Waals surface area contributed by atoms with Crippen molar-refractivity contribution in [2.75, 3.05) is 0 Å². The molecule has 1 aliphatic heterocycles. The van der Waals surface area contributed by atoms with Gasteiger partial charge in [-0.2, -0.15) is 0 Å². The second-order valence-electron chi connectivity index (χ2n) is 5.37. The normalized spacial score (nSPS) is 26.4. The minimum atomic E-state index is -0.512. The molecule has 0 N–H and O–H groups in total. The van der Waals surface area contributed by atoms with Crippen molar-refractivity contribution in [2.45, 2.75) is 64.6 Å². The number of hydrogen-bond acceptors (Lipinski definition) is 3. The maximum absolute atomic E-state index is 11.9. The third kappa shape index (κ3) is 3.22. The molecule has 0 radical (unpaired) electrons. The molecule has 92 valence electrons. The van der Waals surface area contributed by atoms with E-state index in [-0.39, 0.29) is 18.2 Å². The van der Waals surface area contributed by atoms with Crippen LogP contribution in [0.5, 0.6) is 0 Å². The molecule has 4 heteroatoms. The van der Waals surface area contributed by atoms with Crippen LogP contribution in [-0.4, -0.2) is 35.0 Å². The van der Waals surface area contributed by atoms with Crippen LogP contribution in [-0.2, 0) is 9.53 Å². The molecule has 1 rings (SSSR count). The van der Waals surface area contributed by atoms with Crippen molar-refractivity contribution in [1.29, 1.82) is 0 Å². The van der Waals surface area contributed by atoms with Gasteiger partial charge in [0.1, 0.15) is 11.9 Å². The molecule has 1 fully saturated rings. The predicted molar refractivity (Wildman–Crippen MR) is 61.2 cm³/mol. The third-order valence-electron chi connectivity index (χ3n) is 2.72. The molecule has 1 aliphatic rings. The molecule has 4 nitrogen and oxygen atoms in total. The predicted octanol–water partition coefficient (Wildman–Crippen LogP) is 2.36. The highest BCUT2D eigenvalue weighted by atomic mass is 16.6. The van der Waals surface area contributed by atoms with Crippen LogP contribution in [0, 0.1) is 0 Å². The van der Waals surface area contributed by atoms with Crippen molar-refractivity contribution in [3.8, 4) is 0 Å². The maximum atomic E-state index is 11.9. The Morgan fingerprint density at radius 2 is 2.00 bits per heavy atom. The fourth-order valence-corrected chi connectivity index (χ4v) is 1.99. The summed E-state index contributed by atoms with van der Waals surface area (Å²) in [6, 6.07) is -0.239. The lowest BCUT2D eigenvalue weighted by atomic mass is 9.98. The van der Waals surface area contributed by atoms with Crippen molar-refractivity contribution in [3.05, 3.63) is 0 Å². The lowest BCUT2D eigenvalue weighted by Gasteiger charge is -2.38. The van der Waals surface area contributed by atoms with Gasteiger partial charge in [-0.15, -0.1) is 0 Å². The summed E-state index contributed by atoms with van der Waals surface area (Å²) in [5.41, 5.74) is -0.512. The molecule has 16 heavy (non-hydrogen) atoms. The largest absolute Gasteiger partial charge is 0.444 e. The smallest absolute Gasteiger partial charge is 0.411 e. The summed E-state index contributed by atoms with van der Waals surface area (Å²) in [5.74, 6) is 0. The molecule has 0 aliphatic carbocycles. The Bertz CT molecular complexity index is 270. The number of ether oxygens (including phenoxy) is 1. The Labute approximate surface area is 96.9 Å². The second-order valence-corrected chi connectivity index (χ2v) is 5.37. The van der Waals surface area contributed by atoms with Gasteiger partial charge in [0.25, 0.3) is 0 Å². The van der Waals surface area contributed by atoms with Crippen LogP contribution in [0.2, 0.25) is 0 Å². The molecule has 0 bridgehead atoms. The monoisotopic (exact) mass is 227 g/mol. The van der Waals surface area contributed by atoms with Crippen LogP contribution in [0.4, 0.5) is 4.79 Å². The van der Waals surface area contributed by atoms with Crippen LogP contribution in [0.3, 0.4) is 0 Å². The summed E-state index contributed by atoms with van der Waals surface area (Å²) in [5, 5.41) is 0. The average molecular weight is 227 g/mol. The van der Waals surface area contributed by atoms with E-state index in [4.69, 9.17) is 4.74 Å². The van der Waals surface area contributed by atoms with Gasteiger partial charge in [0, 0.05) is 6.04 Å². The number of piperidine rings is 1. The summed E-state index contributed by atoms with van der Waals surface area (Å²) >= 11 is 0. The second kappa shape index (κ2) is 4.85. The number of amides is 1. The van der Waals surface area contributed by atoms with Crippen LogP contribution >= 0.6 is 0 Å². The van der Waals surface area contributed by atoms with Crippen LogP contribution in [0.25, 0.3) is 0 Å². The number of carbonyl (C=O) groups excluding carboxylic acids is 2. The van der Waals surface area contributed by atoms with E-state index in [0.717, 1.165) is 25.5 Å². The quantitative estimate of drug-likeness (QED) is 0.646. The third-order valence-corrected chi connectivity index (χ3v) is 2.72. The Hall–Kier alpha value is -1.06. The first-order valence-electron chi connectivity index (χ1n) is 5.82. The van der Waals surface area contributed by atoms with Gasteiger partial charge in [0.2, 0.25) is 0 Å². The van der Waals surface area contributed by atoms with E-state index in [0.29, 0.717) is 0 Å². The van der Waals surface area contributed by atoms with Crippen molar-refractivity contribution in [1.82, 2.24) is 4.90 Å². The van der Waals surface area contributed by atoms with E-state index >= 15 is 0 Å². The van der Waals surface area contributed by atoms with Gasteiger partial charge in [-0.1, -0.05) is 0 Å². The average Bonchev–Trinajstić information content (AvgIpc) is 2.14. The topological polar surface area (TPSA) is 46.6 Å². The molecule has 1 amide bonds. The molecule has 0 unspecified atom stereocenters. The molecule has 0 saturated carbocycles. The standard InChI is InChI=1S/C12H21NO3/c1-9-6-5-7-10(8-14)13(9)11(15)16-12(2,3)4/h8-10H,5-7H2,1-4H3/t9-,10+/m1/s1. The van der Waals surface area contributed by atoms with Crippen LogP contribution < -0.4 is 0 Å². The highest BCUT2D eigenvalue weighted by Gasteiger charge is 2.34. The molecule has 2 atom stereocenters.